The molecule has 0 bridgehead atoms. The lowest BCUT2D eigenvalue weighted by atomic mass is 10.1. The molecule has 32 heavy (non-hydrogen) atoms. The van der Waals surface area contributed by atoms with E-state index in [9.17, 15) is 4.79 Å². The Balaban J connectivity index is 1.16. The summed E-state index contributed by atoms with van der Waals surface area (Å²) in [7, 11) is 0. The van der Waals surface area contributed by atoms with Crippen LogP contribution in [0.3, 0.4) is 0 Å². The molecule has 1 amide bonds. The minimum absolute atomic E-state index is 0.0456. The first kappa shape index (κ1) is 20.6. The fourth-order valence-corrected chi connectivity index (χ4v) is 4.55. The number of fused-ring (bicyclic) bond motifs is 2. The van der Waals surface area contributed by atoms with E-state index in [0.717, 1.165) is 29.8 Å². The number of nitrogens with zero attached hydrogens (tertiary/aromatic N) is 5. The van der Waals surface area contributed by atoms with Gasteiger partial charge in [0.2, 0.25) is 5.95 Å². The predicted octanol–water partition coefficient (Wildman–Crippen LogP) is 2.05. The van der Waals surface area contributed by atoms with Crippen molar-refractivity contribution in [3.8, 4) is 0 Å². The third kappa shape index (κ3) is 4.34. The molecule has 1 unspecified atom stereocenters. The number of hydrogen-bond donors (Lipinski definition) is 2. The van der Waals surface area contributed by atoms with Gasteiger partial charge in [0.25, 0.3) is 5.91 Å². The number of carbonyl (C=O) groups is 1. The second kappa shape index (κ2) is 8.66. The highest BCUT2D eigenvalue weighted by molar-refractivity contribution is 5.81. The fraction of sp³-hybridized carbons (Fsp3) is 0.435. The van der Waals surface area contributed by atoms with Crippen molar-refractivity contribution in [2.24, 2.45) is 0 Å². The SMILES string of the molecule is CC(Cc1c[nH]nn1)O[C@H](C)C(=O)N1Cc2cnc(NC3Cc4ccccc4C3)nc2C1. The molecule has 0 spiro atoms. The van der Waals surface area contributed by atoms with Gasteiger partial charge in [-0.1, -0.05) is 29.5 Å². The maximum Gasteiger partial charge on any atom is 0.252 e. The van der Waals surface area contributed by atoms with E-state index in [0.29, 0.717) is 31.5 Å². The number of ether oxygens (including phenoxy) is 1. The van der Waals surface area contributed by atoms with Crippen LogP contribution < -0.4 is 5.32 Å². The van der Waals surface area contributed by atoms with E-state index in [1.807, 2.05) is 13.1 Å². The highest BCUT2D eigenvalue weighted by atomic mass is 16.5. The van der Waals surface area contributed by atoms with Crippen molar-refractivity contribution in [2.75, 3.05) is 5.32 Å². The Morgan fingerprint density at radius 3 is 2.72 bits per heavy atom. The van der Waals surface area contributed by atoms with Gasteiger partial charge in [-0.25, -0.2) is 9.97 Å². The molecule has 3 aromatic rings. The first-order valence-corrected chi connectivity index (χ1v) is 11.0. The Bertz CT molecular complexity index is 1080. The molecule has 0 radical (unpaired) electrons. The molecule has 0 saturated carbocycles. The van der Waals surface area contributed by atoms with E-state index in [1.54, 1.807) is 18.0 Å². The minimum Gasteiger partial charge on any atom is -0.365 e. The molecule has 2 atom stereocenters. The van der Waals surface area contributed by atoms with Crippen molar-refractivity contribution >= 4 is 11.9 Å². The second-order valence-corrected chi connectivity index (χ2v) is 8.64. The molecule has 1 aliphatic carbocycles. The van der Waals surface area contributed by atoms with Gasteiger partial charge in [0.15, 0.2) is 0 Å². The highest BCUT2D eigenvalue weighted by Crippen LogP contribution is 2.26. The highest BCUT2D eigenvalue weighted by Gasteiger charge is 2.30. The Kier molecular flexibility index (Phi) is 5.57. The molecule has 1 aliphatic heterocycles. The van der Waals surface area contributed by atoms with Crippen LogP contribution >= 0.6 is 0 Å². The third-order valence-corrected chi connectivity index (χ3v) is 6.10. The number of anilines is 1. The number of rotatable bonds is 7. The lowest BCUT2D eigenvalue weighted by molar-refractivity contribution is -0.146. The summed E-state index contributed by atoms with van der Waals surface area (Å²) in [6.45, 7) is 4.71. The number of aromatic amines is 1. The van der Waals surface area contributed by atoms with E-state index >= 15 is 0 Å². The van der Waals surface area contributed by atoms with Crippen molar-refractivity contribution in [1.29, 1.82) is 0 Å². The molecule has 9 nitrogen and oxygen atoms in total. The first-order valence-electron chi connectivity index (χ1n) is 11.0. The standard InChI is InChI=1S/C23H27N7O2/c1-14(7-20-11-25-29-28-20)32-15(2)22(31)30-12-18-10-24-23(27-21(18)13-30)26-19-8-16-5-3-4-6-17(16)9-19/h3-6,10-11,14-15,19H,7-9,12-13H2,1-2H3,(H,24,26,27)(H,25,28,29)/t14?,15-/m1/s1. The van der Waals surface area contributed by atoms with E-state index in [4.69, 9.17) is 9.72 Å². The Labute approximate surface area is 186 Å². The van der Waals surface area contributed by atoms with Crippen molar-refractivity contribution in [1.82, 2.24) is 30.3 Å². The Morgan fingerprint density at radius 2 is 2.00 bits per heavy atom. The van der Waals surface area contributed by atoms with Gasteiger partial charge in [0, 0.05) is 37.0 Å². The summed E-state index contributed by atoms with van der Waals surface area (Å²) in [5.74, 6) is 0.581. The summed E-state index contributed by atoms with van der Waals surface area (Å²) in [6.07, 6.45) is 5.42. The molecule has 9 heteroatoms. The Morgan fingerprint density at radius 1 is 1.22 bits per heavy atom. The van der Waals surface area contributed by atoms with Gasteiger partial charge in [0.05, 0.1) is 24.0 Å². The van der Waals surface area contributed by atoms with Gasteiger partial charge in [-0.15, -0.1) is 5.10 Å². The van der Waals surface area contributed by atoms with Crippen LogP contribution in [-0.4, -0.2) is 54.4 Å². The van der Waals surface area contributed by atoms with E-state index < -0.39 is 6.10 Å². The molecular formula is C23H27N7O2. The number of amides is 1. The molecule has 5 rings (SSSR count). The molecule has 0 fully saturated rings. The monoisotopic (exact) mass is 433 g/mol. The summed E-state index contributed by atoms with van der Waals surface area (Å²) >= 11 is 0. The summed E-state index contributed by atoms with van der Waals surface area (Å²) in [6, 6.07) is 8.82. The van der Waals surface area contributed by atoms with Crippen LogP contribution in [0.25, 0.3) is 0 Å². The van der Waals surface area contributed by atoms with Gasteiger partial charge in [-0.2, -0.15) is 0 Å². The van der Waals surface area contributed by atoms with Crippen molar-refractivity contribution in [3.05, 3.63) is 64.7 Å². The maximum atomic E-state index is 12.9. The largest absolute Gasteiger partial charge is 0.365 e. The van der Waals surface area contributed by atoms with Crippen molar-refractivity contribution in [2.45, 2.75) is 64.4 Å². The molecule has 2 N–H and O–H groups in total. The zero-order valence-electron chi connectivity index (χ0n) is 18.3. The molecule has 166 valence electrons. The molecule has 0 saturated heterocycles. The number of H-pyrrole nitrogens is 1. The average molecular weight is 434 g/mol. The number of benzene rings is 1. The van der Waals surface area contributed by atoms with E-state index in [-0.39, 0.29) is 12.0 Å². The van der Waals surface area contributed by atoms with Crippen LogP contribution in [0.1, 0.15) is 41.9 Å². The molecule has 3 heterocycles. The summed E-state index contributed by atoms with van der Waals surface area (Å²) in [4.78, 5) is 23.9. The molecule has 2 aliphatic rings. The quantitative estimate of drug-likeness (QED) is 0.587. The van der Waals surface area contributed by atoms with Gasteiger partial charge in [-0.3, -0.25) is 9.89 Å². The van der Waals surface area contributed by atoms with Crippen LogP contribution in [0, 0.1) is 0 Å². The summed E-state index contributed by atoms with van der Waals surface area (Å²) < 4.78 is 5.92. The van der Waals surface area contributed by atoms with Crippen molar-refractivity contribution < 1.29 is 9.53 Å². The number of nitrogens with one attached hydrogen (secondary N) is 2. The van der Waals surface area contributed by atoms with Crippen LogP contribution in [0.4, 0.5) is 5.95 Å². The van der Waals surface area contributed by atoms with E-state index in [2.05, 4.69) is 50.0 Å². The van der Waals surface area contributed by atoms with Gasteiger partial charge < -0.3 is 15.0 Å². The number of carbonyl (C=O) groups excluding carboxylic acids is 1. The summed E-state index contributed by atoms with van der Waals surface area (Å²) in [5.41, 5.74) is 5.46. The molecule has 2 aromatic heterocycles. The second-order valence-electron chi connectivity index (χ2n) is 8.64. The first-order chi connectivity index (χ1) is 15.5. The average Bonchev–Trinajstić information content (AvgIpc) is 3.51. The zero-order valence-corrected chi connectivity index (χ0v) is 18.3. The third-order valence-electron chi connectivity index (χ3n) is 6.10. The van der Waals surface area contributed by atoms with Crippen LogP contribution in [0.15, 0.2) is 36.7 Å². The number of aromatic nitrogens is 5. The minimum atomic E-state index is -0.547. The lowest BCUT2D eigenvalue weighted by Crippen LogP contribution is -2.37. The summed E-state index contributed by atoms with van der Waals surface area (Å²) in [5, 5.41) is 13.8. The van der Waals surface area contributed by atoms with Crippen LogP contribution in [-0.2, 0) is 41.9 Å². The van der Waals surface area contributed by atoms with Crippen LogP contribution in [0.2, 0.25) is 0 Å². The van der Waals surface area contributed by atoms with Gasteiger partial charge in [0.1, 0.15) is 6.10 Å². The van der Waals surface area contributed by atoms with Gasteiger partial charge in [-0.05, 0) is 37.8 Å². The van der Waals surface area contributed by atoms with Gasteiger partial charge >= 0.3 is 0 Å². The lowest BCUT2D eigenvalue weighted by Gasteiger charge is -2.23. The van der Waals surface area contributed by atoms with E-state index in [1.165, 1.54) is 11.1 Å². The van der Waals surface area contributed by atoms with Crippen molar-refractivity contribution in [3.63, 3.8) is 0 Å². The number of hydrogen-bond acceptors (Lipinski definition) is 7. The smallest absolute Gasteiger partial charge is 0.252 e. The zero-order chi connectivity index (χ0) is 22.1. The molecule has 1 aromatic carbocycles. The topological polar surface area (TPSA) is 109 Å². The normalized spacial score (nSPS) is 17.1. The maximum absolute atomic E-state index is 12.9. The fourth-order valence-electron chi connectivity index (χ4n) is 4.55. The van der Waals surface area contributed by atoms with Crippen LogP contribution in [0.5, 0.6) is 0 Å². The molecular weight excluding hydrogens is 406 g/mol. The predicted molar refractivity (Wildman–Crippen MR) is 118 cm³/mol. The Hall–Kier alpha value is -3.33.